The molecule has 1 atom stereocenters. The number of para-hydroxylation sites is 1. The number of halogens is 1. The van der Waals surface area contributed by atoms with Crippen LogP contribution in [0.5, 0.6) is 0 Å². The number of nitro benzene ring substituents is 1. The summed E-state index contributed by atoms with van der Waals surface area (Å²) in [6, 6.07) is 21.7. The van der Waals surface area contributed by atoms with E-state index in [4.69, 9.17) is 11.6 Å². The number of hydrogen-bond acceptors (Lipinski definition) is 6. The van der Waals surface area contributed by atoms with Gasteiger partial charge in [0.25, 0.3) is 11.6 Å². The number of non-ortho nitro benzene ring substituents is 1. The number of rotatable bonds is 5. The zero-order valence-corrected chi connectivity index (χ0v) is 19.2. The molecule has 0 bridgehead atoms. The second-order valence-electron chi connectivity index (χ2n) is 7.92. The monoisotopic (exact) mass is 486 g/mol. The fraction of sp³-hybridized carbons (Fsp3) is 0.0800. The van der Waals surface area contributed by atoms with E-state index in [1.54, 1.807) is 41.9 Å². The number of hydrogen-bond donors (Lipinski definition) is 2. The average molecular weight is 487 g/mol. The topological polar surface area (TPSA) is 115 Å². The predicted molar refractivity (Wildman–Crippen MR) is 133 cm³/mol. The smallest absolute Gasteiger partial charge is 0.269 e. The van der Waals surface area contributed by atoms with Crippen LogP contribution in [0.4, 0.5) is 17.3 Å². The quantitative estimate of drug-likeness (QED) is 0.287. The molecule has 35 heavy (non-hydrogen) atoms. The number of nitrogens with one attached hydrogen (secondary N) is 2. The van der Waals surface area contributed by atoms with Crippen LogP contribution in [0, 0.1) is 10.1 Å². The SMILES string of the molecule is CC1=C(C(=O)Nc2ccccc2)C(c2ccc([N+](=O)[O-])cc2)n2nc(-c3ccccc3Cl)nc2N1. The molecular weight excluding hydrogens is 468 g/mol. The first-order chi connectivity index (χ1) is 16.9. The normalized spacial score (nSPS) is 14.7. The Hall–Kier alpha value is -4.50. The van der Waals surface area contributed by atoms with Crippen LogP contribution in [0.2, 0.25) is 5.02 Å². The molecule has 0 fully saturated rings. The minimum atomic E-state index is -0.681. The number of fused-ring (bicyclic) bond motifs is 1. The van der Waals surface area contributed by atoms with Crippen LogP contribution < -0.4 is 10.6 Å². The molecule has 4 aromatic rings. The Balaban J connectivity index is 1.62. The molecule has 2 N–H and O–H groups in total. The first kappa shape index (κ1) is 22.3. The van der Waals surface area contributed by atoms with Crippen LogP contribution in [0.1, 0.15) is 18.5 Å². The maximum absolute atomic E-state index is 13.5. The molecule has 174 valence electrons. The summed E-state index contributed by atoms with van der Waals surface area (Å²) in [6.45, 7) is 1.78. The number of aromatic nitrogens is 3. The molecule has 5 rings (SSSR count). The molecule has 9 nitrogen and oxygen atoms in total. The average Bonchev–Trinajstić information content (AvgIpc) is 3.27. The van der Waals surface area contributed by atoms with Crippen molar-refractivity contribution in [2.75, 3.05) is 10.6 Å². The number of amides is 1. The highest BCUT2D eigenvalue weighted by Gasteiger charge is 2.35. The Morgan fingerprint density at radius 1 is 1.06 bits per heavy atom. The number of allylic oxidation sites excluding steroid dienone is 1. The molecule has 10 heteroatoms. The summed E-state index contributed by atoms with van der Waals surface area (Å²) in [6.07, 6.45) is 0. The third-order valence-electron chi connectivity index (χ3n) is 5.66. The third-order valence-corrected chi connectivity index (χ3v) is 5.99. The highest BCUT2D eigenvalue weighted by molar-refractivity contribution is 6.33. The molecule has 1 amide bonds. The van der Waals surface area contributed by atoms with Crippen molar-refractivity contribution in [1.29, 1.82) is 0 Å². The summed E-state index contributed by atoms with van der Waals surface area (Å²) in [5.41, 5.74) is 2.88. The molecular formula is C25H19ClN6O3. The van der Waals surface area contributed by atoms with Crippen LogP contribution in [0.3, 0.4) is 0 Å². The fourth-order valence-corrected chi connectivity index (χ4v) is 4.23. The van der Waals surface area contributed by atoms with Crippen molar-refractivity contribution in [3.8, 4) is 11.4 Å². The Morgan fingerprint density at radius 2 is 1.74 bits per heavy atom. The highest BCUT2D eigenvalue weighted by Crippen LogP contribution is 2.38. The predicted octanol–water partition coefficient (Wildman–Crippen LogP) is 5.43. The zero-order valence-electron chi connectivity index (χ0n) is 18.5. The number of nitrogens with zero attached hydrogens (tertiary/aromatic N) is 4. The Labute approximate surface area is 205 Å². The number of carbonyl (C=O) groups is 1. The molecule has 1 unspecified atom stereocenters. The van der Waals surface area contributed by atoms with Gasteiger partial charge in [0.2, 0.25) is 5.95 Å². The lowest BCUT2D eigenvalue weighted by atomic mass is 9.95. The van der Waals surface area contributed by atoms with Gasteiger partial charge in [0.1, 0.15) is 6.04 Å². The largest absolute Gasteiger partial charge is 0.328 e. The van der Waals surface area contributed by atoms with Gasteiger partial charge in [-0.05, 0) is 48.9 Å². The van der Waals surface area contributed by atoms with E-state index in [1.807, 2.05) is 36.4 Å². The molecule has 1 aromatic heterocycles. The third kappa shape index (κ3) is 4.24. The van der Waals surface area contributed by atoms with Crippen molar-refractivity contribution in [3.63, 3.8) is 0 Å². The Morgan fingerprint density at radius 3 is 2.43 bits per heavy atom. The second-order valence-corrected chi connectivity index (χ2v) is 8.33. The first-order valence-corrected chi connectivity index (χ1v) is 11.1. The molecule has 0 saturated carbocycles. The Bertz CT molecular complexity index is 1460. The van der Waals surface area contributed by atoms with E-state index in [1.165, 1.54) is 12.1 Å². The number of nitro groups is 1. The van der Waals surface area contributed by atoms with Gasteiger partial charge in [0.15, 0.2) is 5.82 Å². The lowest BCUT2D eigenvalue weighted by Crippen LogP contribution is -2.31. The first-order valence-electron chi connectivity index (χ1n) is 10.7. The minimum absolute atomic E-state index is 0.0470. The van der Waals surface area contributed by atoms with Gasteiger partial charge in [-0.2, -0.15) is 4.98 Å². The van der Waals surface area contributed by atoms with Crippen molar-refractivity contribution in [2.45, 2.75) is 13.0 Å². The van der Waals surface area contributed by atoms with E-state index in [2.05, 4.69) is 20.7 Å². The van der Waals surface area contributed by atoms with Crippen LogP contribution in [0.25, 0.3) is 11.4 Å². The van der Waals surface area contributed by atoms with E-state index >= 15 is 0 Å². The molecule has 3 aromatic carbocycles. The maximum Gasteiger partial charge on any atom is 0.269 e. The van der Waals surface area contributed by atoms with Crippen LogP contribution in [-0.2, 0) is 4.79 Å². The van der Waals surface area contributed by atoms with E-state index in [0.29, 0.717) is 44.9 Å². The molecule has 0 spiro atoms. The number of carbonyl (C=O) groups excluding carboxylic acids is 1. The number of anilines is 2. The zero-order chi connectivity index (χ0) is 24.5. The van der Waals surface area contributed by atoms with Crippen LogP contribution in [-0.4, -0.2) is 25.6 Å². The fourth-order valence-electron chi connectivity index (χ4n) is 4.01. The minimum Gasteiger partial charge on any atom is -0.328 e. The standard InChI is InChI=1S/C25H19ClN6O3/c1-15-21(24(33)28-17-7-3-2-4-8-17)22(16-11-13-18(14-12-16)32(34)35)31-25(27-15)29-23(30-31)19-9-5-6-10-20(19)26/h2-14,22H,1H3,(H,28,33)(H,27,29,30). The van der Waals surface area contributed by atoms with E-state index in [9.17, 15) is 14.9 Å². The van der Waals surface area contributed by atoms with Gasteiger partial charge in [-0.15, -0.1) is 5.10 Å². The van der Waals surface area contributed by atoms with Crippen molar-refractivity contribution >= 4 is 34.8 Å². The van der Waals surface area contributed by atoms with Crippen LogP contribution in [0.15, 0.2) is 90.1 Å². The van der Waals surface area contributed by atoms with E-state index < -0.39 is 11.0 Å². The van der Waals surface area contributed by atoms with Crippen molar-refractivity contribution < 1.29 is 9.72 Å². The molecule has 1 aliphatic rings. The summed E-state index contributed by atoms with van der Waals surface area (Å²) in [4.78, 5) is 28.8. The molecule has 0 radical (unpaired) electrons. The van der Waals surface area contributed by atoms with Crippen molar-refractivity contribution in [1.82, 2.24) is 14.8 Å². The summed E-state index contributed by atoms with van der Waals surface area (Å²) in [5, 5.41) is 22.5. The second kappa shape index (κ2) is 9.03. The Kier molecular flexibility index (Phi) is 5.76. The summed E-state index contributed by atoms with van der Waals surface area (Å²) < 4.78 is 1.60. The van der Waals surface area contributed by atoms with Crippen LogP contribution >= 0.6 is 11.6 Å². The lowest BCUT2D eigenvalue weighted by molar-refractivity contribution is -0.384. The van der Waals surface area contributed by atoms with Crippen molar-refractivity contribution in [2.24, 2.45) is 0 Å². The lowest BCUT2D eigenvalue weighted by Gasteiger charge is -2.28. The van der Waals surface area contributed by atoms with Crippen molar-refractivity contribution in [3.05, 3.63) is 111 Å². The van der Waals surface area contributed by atoms with Gasteiger partial charge < -0.3 is 10.6 Å². The van der Waals surface area contributed by atoms with Gasteiger partial charge in [-0.25, -0.2) is 4.68 Å². The molecule has 2 heterocycles. The summed E-state index contributed by atoms with van der Waals surface area (Å²) in [7, 11) is 0. The van der Waals surface area contributed by atoms with Gasteiger partial charge >= 0.3 is 0 Å². The van der Waals surface area contributed by atoms with Gasteiger partial charge in [-0.3, -0.25) is 14.9 Å². The molecule has 1 aliphatic heterocycles. The summed E-state index contributed by atoms with van der Waals surface area (Å²) >= 11 is 6.37. The van der Waals surface area contributed by atoms with Gasteiger partial charge in [-0.1, -0.05) is 41.9 Å². The maximum atomic E-state index is 13.5. The van der Waals surface area contributed by atoms with Gasteiger partial charge in [0, 0.05) is 29.1 Å². The highest BCUT2D eigenvalue weighted by atomic mass is 35.5. The number of benzene rings is 3. The summed E-state index contributed by atoms with van der Waals surface area (Å²) in [5.74, 6) is 0.490. The van der Waals surface area contributed by atoms with E-state index in [-0.39, 0.29) is 11.6 Å². The molecule has 0 saturated heterocycles. The van der Waals surface area contributed by atoms with E-state index in [0.717, 1.165) is 0 Å². The van der Waals surface area contributed by atoms with Gasteiger partial charge in [0.05, 0.1) is 15.5 Å². The molecule has 0 aliphatic carbocycles.